The first-order valence-electron chi connectivity index (χ1n) is 7.43. The number of ether oxygens (including phenoxy) is 1. The monoisotopic (exact) mass is 277 g/mol. The molecular formula is C19H19NO. The van der Waals surface area contributed by atoms with Gasteiger partial charge in [-0.3, -0.25) is 4.98 Å². The zero-order chi connectivity index (χ0) is 14.3. The van der Waals surface area contributed by atoms with Crippen molar-refractivity contribution in [3.05, 3.63) is 72.4 Å². The van der Waals surface area contributed by atoms with E-state index in [1.54, 1.807) is 6.20 Å². The molecule has 0 fully saturated rings. The molecular weight excluding hydrogens is 258 g/mol. The molecule has 0 amide bonds. The predicted octanol–water partition coefficient (Wildman–Crippen LogP) is 4.64. The molecule has 3 aromatic rings. The molecule has 3 rings (SSSR count). The molecule has 2 aromatic carbocycles. The number of nitrogens with zero attached hydrogens (tertiary/aromatic N) is 1. The van der Waals surface area contributed by atoms with Gasteiger partial charge >= 0.3 is 0 Å². The van der Waals surface area contributed by atoms with Crippen LogP contribution in [-0.2, 0) is 6.42 Å². The average molecular weight is 277 g/mol. The third-order valence-corrected chi connectivity index (χ3v) is 3.54. The largest absolute Gasteiger partial charge is 0.492 e. The van der Waals surface area contributed by atoms with E-state index in [-0.39, 0.29) is 0 Å². The fourth-order valence-electron chi connectivity index (χ4n) is 2.40. The van der Waals surface area contributed by atoms with Gasteiger partial charge in [0.1, 0.15) is 5.75 Å². The van der Waals surface area contributed by atoms with Crippen LogP contribution in [0.1, 0.15) is 18.4 Å². The lowest BCUT2D eigenvalue weighted by atomic mass is 10.1. The summed E-state index contributed by atoms with van der Waals surface area (Å²) in [7, 11) is 0. The van der Waals surface area contributed by atoms with Gasteiger partial charge in [0, 0.05) is 5.39 Å². The van der Waals surface area contributed by atoms with E-state index in [0.717, 1.165) is 42.5 Å². The Hall–Kier alpha value is -2.35. The summed E-state index contributed by atoms with van der Waals surface area (Å²) in [6.45, 7) is 0.743. The van der Waals surface area contributed by atoms with Gasteiger partial charge in [-0.05, 0) is 37.0 Å². The maximum atomic E-state index is 5.79. The quantitative estimate of drug-likeness (QED) is 0.612. The summed E-state index contributed by atoms with van der Waals surface area (Å²) in [4.78, 5) is 4.40. The third-order valence-electron chi connectivity index (χ3n) is 3.54. The number of pyridine rings is 1. The maximum absolute atomic E-state index is 5.79. The van der Waals surface area contributed by atoms with Crippen LogP contribution in [0.2, 0.25) is 0 Å². The van der Waals surface area contributed by atoms with Gasteiger partial charge in [0.15, 0.2) is 0 Å². The highest BCUT2D eigenvalue weighted by Crippen LogP contribution is 2.18. The Labute approximate surface area is 125 Å². The van der Waals surface area contributed by atoms with Gasteiger partial charge < -0.3 is 4.74 Å². The van der Waals surface area contributed by atoms with E-state index in [2.05, 4.69) is 47.4 Å². The summed E-state index contributed by atoms with van der Waals surface area (Å²) < 4.78 is 5.79. The summed E-state index contributed by atoms with van der Waals surface area (Å²) in [6.07, 6.45) is 5.12. The average Bonchev–Trinajstić information content (AvgIpc) is 2.55. The number of aryl methyl sites for hydroxylation is 1. The SMILES string of the molecule is c1ccc(CCCCOc2cnc3ccccc3c2)cc1. The van der Waals surface area contributed by atoms with Gasteiger partial charge in [0.2, 0.25) is 0 Å². The van der Waals surface area contributed by atoms with Crippen LogP contribution < -0.4 is 4.74 Å². The van der Waals surface area contributed by atoms with E-state index in [4.69, 9.17) is 4.74 Å². The predicted molar refractivity (Wildman–Crippen MR) is 86.6 cm³/mol. The van der Waals surface area contributed by atoms with Crippen molar-refractivity contribution in [3.63, 3.8) is 0 Å². The lowest BCUT2D eigenvalue weighted by Crippen LogP contribution is -1.98. The smallest absolute Gasteiger partial charge is 0.138 e. The van der Waals surface area contributed by atoms with E-state index in [1.807, 2.05) is 18.2 Å². The molecule has 0 saturated carbocycles. The molecule has 0 atom stereocenters. The Kier molecular flexibility index (Phi) is 4.47. The van der Waals surface area contributed by atoms with Crippen LogP contribution in [-0.4, -0.2) is 11.6 Å². The first kappa shape index (κ1) is 13.6. The van der Waals surface area contributed by atoms with Crippen molar-refractivity contribution >= 4 is 10.9 Å². The number of para-hydroxylation sites is 1. The molecule has 0 bridgehead atoms. The van der Waals surface area contributed by atoms with Crippen molar-refractivity contribution < 1.29 is 4.74 Å². The zero-order valence-electron chi connectivity index (χ0n) is 12.0. The highest BCUT2D eigenvalue weighted by molar-refractivity contribution is 5.79. The molecule has 0 N–H and O–H groups in total. The Morgan fingerprint density at radius 1 is 0.857 bits per heavy atom. The summed E-state index contributed by atoms with van der Waals surface area (Å²) in [5.74, 6) is 0.855. The van der Waals surface area contributed by atoms with Crippen molar-refractivity contribution in [2.45, 2.75) is 19.3 Å². The van der Waals surface area contributed by atoms with E-state index >= 15 is 0 Å². The molecule has 0 saturated heterocycles. The molecule has 0 radical (unpaired) electrons. The van der Waals surface area contributed by atoms with Crippen LogP contribution in [0.3, 0.4) is 0 Å². The van der Waals surface area contributed by atoms with E-state index in [9.17, 15) is 0 Å². The molecule has 0 aliphatic heterocycles. The van der Waals surface area contributed by atoms with Crippen molar-refractivity contribution in [1.82, 2.24) is 4.98 Å². The van der Waals surface area contributed by atoms with Gasteiger partial charge in [-0.25, -0.2) is 0 Å². The Morgan fingerprint density at radius 3 is 2.57 bits per heavy atom. The number of aromatic nitrogens is 1. The van der Waals surface area contributed by atoms with Gasteiger partial charge in [-0.1, -0.05) is 48.5 Å². The summed E-state index contributed by atoms with van der Waals surface area (Å²) in [5, 5.41) is 1.12. The van der Waals surface area contributed by atoms with E-state index < -0.39 is 0 Å². The van der Waals surface area contributed by atoms with Crippen LogP contribution in [0, 0.1) is 0 Å². The topological polar surface area (TPSA) is 22.1 Å². The minimum atomic E-state index is 0.743. The molecule has 0 unspecified atom stereocenters. The maximum Gasteiger partial charge on any atom is 0.138 e. The molecule has 106 valence electrons. The number of rotatable bonds is 6. The molecule has 1 heterocycles. The first-order valence-corrected chi connectivity index (χ1v) is 7.43. The van der Waals surface area contributed by atoms with Gasteiger partial charge in [0.25, 0.3) is 0 Å². The minimum Gasteiger partial charge on any atom is -0.492 e. The molecule has 2 nitrogen and oxygen atoms in total. The Bertz CT molecular complexity index is 694. The zero-order valence-corrected chi connectivity index (χ0v) is 12.0. The Morgan fingerprint density at radius 2 is 1.67 bits per heavy atom. The van der Waals surface area contributed by atoms with Gasteiger partial charge in [-0.15, -0.1) is 0 Å². The lowest BCUT2D eigenvalue weighted by molar-refractivity contribution is 0.306. The van der Waals surface area contributed by atoms with Crippen LogP contribution in [0.4, 0.5) is 0 Å². The van der Waals surface area contributed by atoms with Crippen LogP contribution in [0.5, 0.6) is 5.75 Å². The highest BCUT2D eigenvalue weighted by atomic mass is 16.5. The molecule has 0 spiro atoms. The molecule has 0 aliphatic carbocycles. The van der Waals surface area contributed by atoms with E-state index in [0.29, 0.717) is 0 Å². The summed E-state index contributed by atoms with van der Waals surface area (Å²) in [6, 6.07) is 20.7. The van der Waals surface area contributed by atoms with Crippen LogP contribution >= 0.6 is 0 Å². The Balaban J connectivity index is 1.46. The van der Waals surface area contributed by atoms with Crippen LogP contribution in [0.25, 0.3) is 10.9 Å². The number of unbranched alkanes of at least 4 members (excludes halogenated alkanes) is 1. The molecule has 21 heavy (non-hydrogen) atoms. The minimum absolute atomic E-state index is 0.743. The van der Waals surface area contributed by atoms with E-state index in [1.165, 1.54) is 5.56 Å². The number of fused-ring (bicyclic) bond motifs is 1. The fourth-order valence-corrected chi connectivity index (χ4v) is 2.40. The molecule has 0 aliphatic rings. The third kappa shape index (κ3) is 3.82. The highest BCUT2D eigenvalue weighted by Gasteiger charge is 1.98. The standard InChI is InChI=1S/C19H19NO/c1-2-8-16(9-3-1)10-6-7-13-21-18-14-17-11-4-5-12-19(17)20-15-18/h1-5,8-9,11-12,14-15H,6-7,10,13H2. The first-order chi connectivity index (χ1) is 10.4. The number of hydrogen-bond acceptors (Lipinski definition) is 2. The number of benzene rings is 2. The normalized spacial score (nSPS) is 10.7. The van der Waals surface area contributed by atoms with Gasteiger partial charge in [0.05, 0.1) is 18.3 Å². The lowest BCUT2D eigenvalue weighted by Gasteiger charge is -2.07. The summed E-state index contributed by atoms with van der Waals surface area (Å²) >= 11 is 0. The van der Waals surface area contributed by atoms with Crippen molar-refractivity contribution in [3.8, 4) is 5.75 Å². The second kappa shape index (κ2) is 6.89. The van der Waals surface area contributed by atoms with Crippen molar-refractivity contribution in [2.75, 3.05) is 6.61 Å². The molecule has 2 heteroatoms. The fraction of sp³-hybridized carbons (Fsp3) is 0.211. The molecule has 1 aromatic heterocycles. The second-order valence-electron chi connectivity index (χ2n) is 5.15. The second-order valence-corrected chi connectivity index (χ2v) is 5.15. The number of hydrogen-bond donors (Lipinski definition) is 0. The van der Waals surface area contributed by atoms with Crippen LogP contribution in [0.15, 0.2) is 66.9 Å². The van der Waals surface area contributed by atoms with Crippen molar-refractivity contribution in [2.24, 2.45) is 0 Å². The van der Waals surface area contributed by atoms with Crippen molar-refractivity contribution in [1.29, 1.82) is 0 Å². The van der Waals surface area contributed by atoms with Gasteiger partial charge in [-0.2, -0.15) is 0 Å². The summed E-state index contributed by atoms with van der Waals surface area (Å²) in [5.41, 5.74) is 2.40.